The molecule has 0 saturated heterocycles. The van der Waals surface area contributed by atoms with Gasteiger partial charge in [0.1, 0.15) is 11.7 Å². The van der Waals surface area contributed by atoms with Crippen molar-refractivity contribution in [3.8, 4) is 6.07 Å². The summed E-state index contributed by atoms with van der Waals surface area (Å²) in [5.41, 5.74) is 3.48. The second-order valence-electron chi connectivity index (χ2n) is 8.66. The molecule has 0 radical (unpaired) electrons. The maximum atomic E-state index is 12.0. The molecule has 0 aliphatic heterocycles. The summed E-state index contributed by atoms with van der Waals surface area (Å²) in [7, 11) is -3.30. The Morgan fingerprint density at radius 2 is 1.90 bits per heavy atom. The molecule has 1 N–H and O–H groups in total. The predicted octanol–water partition coefficient (Wildman–Crippen LogP) is 4.09. The van der Waals surface area contributed by atoms with Crippen LogP contribution in [0.5, 0.6) is 0 Å². The number of nitrogens with zero attached hydrogens (tertiary/aromatic N) is 4. The SMILES string of the molecule is CCCS(=O)(=O)Nc1ccc(Cc2cc3cnc(C#N)nc3n2CC(C)(C)C)cc1. The standard InChI is InChI=1S/C22H27N5O2S/c1-5-10-30(28,29)26-18-8-6-16(7-9-18)11-19-12-17-14-24-20(13-23)25-21(17)27(19)15-22(2,3)4/h6-9,12,14,26H,5,10-11,15H2,1-4H3. The largest absolute Gasteiger partial charge is 0.329 e. The van der Waals surface area contributed by atoms with Gasteiger partial charge in [0.15, 0.2) is 0 Å². The minimum Gasteiger partial charge on any atom is -0.329 e. The van der Waals surface area contributed by atoms with Gasteiger partial charge in [0, 0.05) is 35.9 Å². The summed E-state index contributed by atoms with van der Waals surface area (Å²) in [6.45, 7) is 9.07. The van der Waals surface area contributed by atoms with Crippen molar-refractivity contribution in [2.75, 3.05) is 10.5 Å². The fourth-order valence-electron chi connectivity index (χ4n) is 3.34. The van der Waals surface area contributed by atoms with E-state index in [0.717, 1.165) is 28.8 Å². The molecule has 30 heavy (non-hydrogen) atoms. The third kappa shape index (κ3) is 5.36. The molecule has 2 heterocycles. The smallest absolute Gasteiger partial charge is 0.234 e. The maximum Gasteiger partial charge on any atom is 0.234 e. The van der Waals surface area contributed by atoms with Crippen LogP contribution in [-0.4, -0.2) is 28.7 Å². The van der Waals surface area contributed by atoms with Gasteiger partial charge in [-0.15, -0.1) is 0 Å². The molecule has 0 atom stereocenters. The summed E-state index contributed by atoms with van der Waals surface area (Å²) in [5, 5.41) is 10.1. The lowest BCUT2D eigenvalue weighted by Crippen LogP contribution is -2.18. The van der Waals surface area contributed by atoms with Gasteiger partial charge in [-0.05, 0) is 35.6 Å². The average Bonchev–Trinajstić information content (AvgIpc) is 2.98. The van der Waals surface area contributed by atoms with E-state index in [-0.39, 0.29) is 17.0 Å². The van der Waals surface area contributed by atoms with Crippen LogP contribution in [0.3, 0.4) is 0 Å². The van der Waals surface area contributed by atoms with Gasteiger partial charge in [-0.2, -0.15) is 5.26 Å². The predicted molar refractivity (Wildman–Crippen MR) is 119 cm³/mol. The third-order valence-corrected chi connectivity index (χ3v) is 6.03. The van der Waals surface area contributed by atoms with Crippen LogP contribution in [0.1, 0.15) is 51.2 Å². The highest BCUT2D eigenvalue weighted by Gasteiger charge is 2.18. The fraction of sp³-hybridized carbons (Fsp3) is 0.409. The molecular formula is C22H27N5O2S. The minimum atomic E-state index is -3.30. The Kier molecular flexibility index (Phi) is 6.13. The normalized spacial score (nSPS) is 12.1. The first-order valence-electron chi connectivity index (χ1n) is 9.95. The van der Waals surface area contributed by atoms with Crippen LogP contribution in [0.4, 0.5) is 5.69 Å². The lowest BCUT2D eigenvalue weighted by Gasteiger charge is -2.22. The first-order chi connectivity index (χ1) is 14.1. The lowest BCUT2D eigenvalue weighted by atomic mass is 9.96. The number of hydrogen-bond acceptors (Lipinski definition) is 5. The highest BCUT2D eigenvalue weighted by atomic mass is 32.2. The second kappa shape index (κ2) is 8.44. The number of sulfonamides is 1. The van der Waals surface area contributed by atoms with Gasteiger partial charge in [-0.25, -0.2) is 18.4 Å². The zero-order chi connectivity index (χ0) is 21.9. The fourth-order valence-corrected chi connectivity index (χ4v) is 4.48. The molecule has 2 aromatic heterocycles. The molecule has 3 rings (SSSR count). The number of fused-ring (bicyclic) bond motifs is 1. The Hall–Kier alpha value is -2.92. The van der Waals surface area contributed by atoms with E-state index in [1.165, 1.54) is 0 Å². The number of aromatic nitrogens is 3. The van der Waals surface area contributed by atoms with E-state index in [9.17, 15) is 8.42 Å². The zero-order valence-corrected chi connectivity index (χ0v) is 18.6. The van der Waals surface area contributed by atoms with Crippen molar-refractivity contribution in [3.63, 3.8) is 0 Å². The summed E-state index contributed by atoms with van der Waals surface area (Å²) in [4.78, 5) is 8.52. The minimum absolute atomic E-state index is 0.0276. The number of nitrogens with one attached hydrogen (secondary N) is 1. The first kappa shape index (κ1) is 21.8. The highest BCUT2D eigenvalue weighted by molar-refractivity contribution is 7.92. The van der Waals surface area contributed by atoms with Crippen molar-refractivity contribution in [2.24, 2.45) is 5.41 Å². The van der Waals surface area contributed by atoms with Crippen LogP contribution >= 0.6 is 0 Å². The van der Waals surface area contributed by atoms with E-state index in [0.29, 0.717) is 18.5 Å². The second-order valence-corrected chi connectivity index (χ2v) is 10.5. The molecule has 0 amide bonds. The molecule has 0 saturated carbocycles. The summed E-state index contributed by atoms with van der Waals surface area (Å²) < 4.78 is 28.7. The van der Waals surface area contributed by atoms with Gasteiger partial charge in [0.2, 0.25) is 15.8 Å². The van der Waals surface area contributed by atoms with Crippen molar-refractivity contribution >= 4 is 26.7 Å². The summed E-state index contributed by atoms with van der Waals surface area (Å²) >= 11 is 0. The Balaban J connectivity index is 1.91. The summed E-state index contributed by atoms with van der Waals surface area (Å²) in [6, 6.07) is 11.5. The average molecular weight is 426 g/mol. The lowest BCUT2D eigenvalue weighted by molar-refractivity contribution is 0.344. The molecule has 0 unspecified atom stereocenters. The molecule has 0 spiro atoms. The molecule has 8 heteroatoms. The van der Waals surface area contributed by atoms with E-state index in [2.05, 4.69) is 46.1 Å². The summed E-state index contributed by atoms with van der Waals surface area (Å²) in [5.74, 6) is 0.263. The number of hydrogen-bond donors (Lipinski definition) is 1. The van der Waals surface area contributed by atoms with Gasteiger partial charge in [-0.1, -0.05) is 39.8 Å². The number of nitriles is 1. The molecule has 3 aromatic rings. The van der Waals surface area contributed by atoms with Crippen molar-refractivity contribution in [2.45, 2.75) is 47.1 Å². The van der Waals surface area contributed by atoms with E-state index in [1.54, 1.807) is 18.3 Å². The van der Waals surface area contributed by atoms with E-state index in [1.807, 2.05) is 25.1 Å². The monoisotopic (exact) mass is 425 g/mol. The Bertz CT molecular complexity index is 1180. The Morgan fingerprint density at radius 3 is 2.50 bits per heavy atom. The Labute approximate surface area is 177 Å². The topological polar surface area (TPSA) is 101 Å². The van der Waals surface area contributed by atoms with Gasteiger partial charge >= 0.3 is 0 Å². The molecular weight excluding hydrogens is 398 g/mol. The van der Waals surface area contributed by atoms with E-state index >= 15 is 0 Å². The molecule has 7 nitrogen and oxygen atoms in total. The van der Waals surface area contributed by atoms with Crippen molar-refractivity contribution in [3.05, 3.63) is 53.6 Å². The van der Waals surface area contributed by atoms with E-state index in [4.69, 9.17) is 5.26 Å². The molecule has 0 bridgehead atoms. The molecule has 158 valence electrons. The van der Waals surface area contributed by atoms with Crippen LogP contribution in [-0.2, 0) is 23.0 Å². The van der Waals surface area contributed by atoms with Crippen molar-refractivity contribution in [1.82, 2.24) is 14.5 Å². The number of anilines is 1. The van der Waals surface area contributed by atoms with Crippen LogP contribution in [0.15, 0.2) is 36.5 Å². The number of benzene rings is 1. The maximum absolute atomic E-state index is 12.0. The Morgan fingerprint density at radius 1 is 1.20 bits per heavy atom. The van der Waals surface area contributed by atoms with Gasteiger partial charge < -0.3 is 4.57 Å². The molecule has 1 aromatic carbocycles. The van der Waals surface area contributed by atoms with Crippen molar-refractivity contribution in [1.29, 1.82) is 5.26 Å². The molecule has 0 fully saturated rings. The van der Waals surface area contributed by atoms with Crippen molar-refractivity contribution < 1.29 is 8.42 Å². The van der Waals surface area contributed by atoms with Gasteiger partial charge in [0.25, 0.3) is 0 Å². The molecule has 0 aliphatic rings. The van der Waals surface area contributed by atoms with Gasteiger partial charge in [-0.3, -0.25) is 4.72 Å². The summed E-state index contributed by atoms with van der Waals surface area (Å²) in [6.07, 6.45) is 2.92. The zero-order valence-electron chi connectivity index (χ0n) is 17.8. The van der Waals surface area contributed by atoms with Gasteiger partial charge in [0.05, 0.1) is 5.75 Å². The first-order valence-corrected chi connectivity index (χ1v) is 11.6. The van der Waals surface area contributed by atoms with Crippen LogP contribution < -0.4 is 4.72 Å². The highest BCUT2D eigenvalue weighted by Crippen LogP contribution is 2.26. The number of rotatable bonds is 7. The van der Waals surface area contributed by atoms with Crippen LogP contribution in [0.25, 0.3) is 11.0 Å². The quantitative estimate of drug-likeness (QED) is 0.614. The molecule has 0 aliphatic carbocycles. The third-order valence-electron chi connectivity index (χ3n) is 4.54. The van der Waals surface area contributed by atoms with Crippen LogP contribution in [0.2, 0.25) is 0 Å². The van der Waals surface area contributed by atoms with Crippen LogP contribution in [0, 0.1) is 16.7 Å². The van der Waals surface area contributed by atoms with E-state index < -0.39 is 10.0 Å².